The van der Waals surface area contributed by atoms with Crippen LogP contribution in [0.2, 0.25) is 5.02 Å². The van der Waals surface area contributed by atoms with Gasteiger partial charge in [-0.15, -0.1) is 0 Å². The van der Waals surface area contributed by atoms with Crippen LogP contribution in [-0.4, -0.2) is 13.4 Å². The lowest BCUT2D eigenvalue weighted by atomic mass is 10.0. The molecule has 1 heterocycles. The van der Waals surface area contributed by atoms with Gasteiger partial charge in [0, 0.05) is 17.0 Å². The fourth-order valence-electron chi connectivity index (χ4n) is 3.42. The Hall–Kier alpha value is -3.30. The summed E-state index contributed by atoms with van der Waals surface area (Å²) in [5.41, 5.74) is -0.225. The molecular formula is C23H16ClF3N2O3S. The number of pyridine rings is 1. The molecule has 2 N–H and O–H groups in total. The lowest BCUT2D eigenvalue weighted by Crippen LogP contribution is -2.14. The van der Waals surface area contributed by atoms with Gasteiger partial charge in [-0.3, -0.25) is 9.52 Å². The summed E-state index contributed by atoms with van der Waals surface area (Å²) in [5.74, 6) is 0. The molecule has 0 amide bonds. The van der Waals surface area contributed by atoms with Crippen molar-refractivity contribution in [1.29, 1.82) is 0 Å². The summed E-state index contributed by atoms with van der Waals surface area (Å²) >= 11 is 6.01. The highest BCUT2D eigenvalue weighted by molar-refractivity contribution is 7.92. The second-order valence-electron chi connectivity index (χ2n) is 7.33. The Kier molecular flexibility index (Phi) is 5.94. The standard InChI is InChI=1S/C23H16ClF3N2O3S/c24-19-3-1-2-4-21(19)29-33(31,32)16-8-5-14(6-9-16)11-15-7-10-20-17(12-15)18(23(25,26)27)13-22(30)28-20/h1-10,12-13,29H,11H2,(H,28,30). The zero-order valence-electron chi connectivity index (χ0n) is 16.8. The van der Waals surface area contributed by atoms with Gasteiger partial charge in [-0.25, -0.2) is 8.42 Å². The highest BCUT2D eigenvalue weighted by Gasteiger charge is 2.33. The number of aromatic amines is 1. The van der Waals surface area contributed by atoms with E-state index >= 15 is 0 Å². The van der Waals surface area contributed by atoms with Crippen LogP contribution >= 0.6 is 11.6 Å². The molecule has 5 nitrogen and oxygen atoms in total. The molecule has 3 aromatic carbocycles. The molecule has 10 heteroatoms. The monoisotopic (exact) mass is 492 g/mol. The second kappa shape index (κ2) is 8.57. The van der Waals surface area contributed by atoms with Crippen molar-refractivity contribution >= 4 is 38.2 Å². The number of anilines is 1. The molecule has 0 aliphatic carbocycles. The molecule has 1 aromatic heterocycles. The molecule has 33 heavy (non-hydrogen) atoms. The lowest BCUT2D eigenvalue weighted by Gasteiger charge is -2.12. The summed E-state index contributed by atoms with van der Waals surface area (Å²) < 4.78 is 67.8. The fraction of sp³-hybridized carbons (Fsp3) is 0.0870. The third-order valence-electron chi connectivity index (χ3n) is 4.97. The average Bonchev–Trinajstić information content (AvgIpc) is 2.75. The highest BCUT2D eigenvalue weighted by atomic mass is 35.5. The number of halogens is 4. The van der Waals surface area contributed by atoms with E-state index in [1.165, 1.54) is 30.3 Å². The Bertz CT molecular complexity index is 1500. The summed E-state index contributed by atoms with van der Waals surface area (Å²) in [6, 6.07) is 17.4. The third kappa shape index (κ3) is 5.04. The molecule has 0 saturated carbocycles. The normalized spacial score (nSPS) is 12.1. The molecule has 0 aliphatic heterocycles. The topological polar surface area (TPSA) is 79.0 Å². The smallest absolute Gasteiger partial charge is 0.322 e. The number of hydrogen-bond donors (Lipinski definition) is 2. The maximum atomic E-state index is 13.4. The molecule has 0 bridgehead atoms. The second-order valence-corrected chi connectivity index (χ2v) is 9.42. The maximum absolute atomic E-state index is 13.4. The molecular weight excluding hydrogens is 477 g/mol. The quantitative estimate of drug-likeness (QED) is 0.381. The van der Waals surface area contributed by atoms with Crippen molar-refractivity contribution < 1.29 is 21.6 Å². The van der Waals surface area contributed by atoms with E-state index in [1.54, 1.807) is 36.4 Å². The highest BCUT2D eigenvalue weighted by Crippen LogP contribution is 2.34. The van der Waals surface area contributed by atoms with Crippen molar-refractivity contribution in [3.8, 4) is 0 Å². The third-order valence-corrected chi connectivity index (χ3v) is 6.68. The Balaban J connectivity index is 1.60. The van der Waals surface area contributed by atoms with Gasteiger partial charge in [-0.2, -0.15) is 13.2 Å². The number of rotatable bonds is 5. The van der Waals surface area contributed by atoms with Gasteiger partial charge in [0.15, 0.2) is 0 Å². The van der Waals surface area contributed by atoms with E-state index in [2.05, 4.69) is 9.71 Å². The van der Waals surface area contributed by atoms with Gasteiger partial charge in [0.1, 0.15) is 0 Å². The van der Waals surface area contributed by atoms with Gasteiger partial charge in [-0.1, -0.05) is 41.9 Å². The predicted molar refractivity (Wildman–Crippen MR) is 121 cm³/mol. The molecule has 4 aromatic rings. The van der Waals surface area contributed by atoms with Gasteiger partial charge in [0.2, 0.25) is 5.56 Å². The molecule has 0 saturated heterocycles. The van der Waals surface area contributed by atoms with E-state index in [0.717, 1.165) is 0 Å². The van der Waals surface area contributed by atoms with E-state index in [9.17, 15) is 26.4 Å². The Labute approximate surface area is 191 Å². The van der Waals surface area contributed by atoms with Gasteiger partial charge in [-0.05, 0) is 53.9 Å². The summed E-state index contributed by atoms with van der Waals surface area (Å²) in [6.45, 7) is 0. The van der Waals surface area contributed by atoms with Crippen molar-refractivity contribution in [3.05, 3.63) is 105 Å². The van der Waals surface area contributed by atoms with Crippen LogP contribution in [0.1, 0.15) is 16.7 Å². The summed E-state index contributed by atoms with van der Waals surface area (Å²) in [4.78, 5) is 14.0. The fourth-order valence-corrected chi connectivity index (χ4v) is 4.73. The zero-order chi connectivity index (χ0) is 23.8. The van der Waals surface area contributed by atoms with Crippen molar-refractivity contribution in [2.75, 3.05) is 4.72 Å². The number of sulfonamides is 1. The molecule has 0 unspecified atom stereocenters. The van der Waals surface area contributed by atoms with Crippen LogP contribution in [0, 0.1) is 0 Å². The summed E-state index contributed by atoms with van der Waals surface area (Å²) in [5, 5.41) is 0.149. The number of hydrogen-bond acceptors (Lipinski definition) is 3. The molecule has 4 rings (SSSR count). The van der Waals surface area contributed by atoms with Gasteiger partial charge in [0.25, 0.3) is 10.0 Å². The van der Waals surface area contributed by atoms with Crippen molar-refractivity contribution in [3.63, 3.8) is 0 Å². The van der Waals surface area contributed by atoms with Crippen LogP contribution in [0.15, 0.2) is 82.5 Å². The van der Waals surface area contributed by atoms with Crippen molar-refractivity contribution in [1.82, 2.24) is 4.98 Å². The molecule has 0 fully saturated rings. The first-order valence-electron chi connectivity index (χ1n) is 9.62. The minimum Gasteiger partial charge on any atom is -0.322 e. The van der Waals surface area contributed by atoms with Crippen LogP contribution in [0.4, 0.5) is 18.9 Å². The first kappa shape index (κ1) is 22.9. The van der Waals surface area contributed by atoms with E-state index in [1.807, 2.05) is 0 Å². The number of alkyl halides is 3. The first-order valence-corrected chi connectivity index (χ1v) is 11.5. The number of fused-ring (bicyclic) bond motifs is 1. The molecule has 170 valence electrons. The maximum Gasteiger partial charge on any atom is 0.417 e. The Morgan fingerprint density at radius 3 is 2.24 bits per heavy atom. The van der Waals surface area contributed by atoms with E-state index in [4.69, 9.17) is 11.6 Å². The molecule has 0 aliphatic rings. The molecule has 0 radical (unpaired) electrons. The number of aromatic nitrogens is 1. The average molecular weight is 493 g/mol. The summed E-state index contributed by atoms with van der Waals surface area (Å²) in [7, 11) is -3.87. The Morgan fingerprint density at radius 1 is 0.909 bits per heavy atom. The lowest BCUT2D eigenvalue weighted by molar-refractivity contribution is -0.136. The van der Waals surface area contributed by atoms with Gasteiger partial charge >= 0.3 is 6.18 Å². The van der Waals surface area contributed by atoms with E-state index in [-0.39, 0.29) is 32.9 Å². The molecule has 0 spiro atoms. The Morgan fingerprint density at radius 2 is 1.58 bits per heavy atom. The minimum absolute atomic E-state index is 0.0154. The van der Waals surface area contributed by atoms with E-state index < -0.39 is 27.3 Å². The van der Waals surface area contributed by atoms with Crippen LogP contribution in [0.3, 0.4) is 0 Å². The van der Waals surface area contributed by atoms with Crippen LogP contribution in [-0.2, 0) is 22.6 Å². The zero-order valence-corrected chi connectivity index (χ0v) is 18.4. The van der Waals surface area contributed by atoms with Crippen LogP contribution in [0.5, 0.6) is 0 Å². The van der Waals surface area contributed by atoms with Gasteiger partial charge in [0.05, 0.1) is 21.2 Å². The SMILES string of the molecule is O=c1cc(C(F)(F)F)c2cc(Cc3ccc(S(=O)(=O)Nc4ccccc4Cl)cc3)ccc2[nH]1. The van der Waals surface area contributed by atoms with Gasteiger partial charge < -0.3 is 4.98 Å². The van der Waals surface area contributed by atoms with E-state index in [0.29, 0.717) is 17.2 Å². The number of nitrogens with one attached hydrogen (secondary N) is 2. The largest absolute Gasteiger partial charge is 0.417 e. The number of para-hydroxylation sites is 1. The first-order chi connectivity index (χ1) is 15.5. The summed E-state index contributed by atoms with van der Waals surface area (Å²) in [6.07, 6.45) is -4.40. The van der Waals surface area contributed by atoms with Crippen LogP contribution in [0.25, 0.3) is 10.9 Å². The number of H-pyrrole nitrogens is 1. The van der Waals surface area contributed by atoms with Crippen LogP contribution < -0.4 is 10.3 Å². The van der Waals surface area contributed by atoms with Crippen molar-refractivity contribution in [2.24, 2.45) is 0 Å². The minimum atomic E-state index is -4.67. The molecule has 0 atom stereocenters. The van der Waals surface area contributed by atoms with Crippen molar-refractivity contribution in [2.45, 2.75) is 17.5 Å². The predicted octanol–water partition coefficient (Wildman–Crippen LogP) is 5.59. The number of benzene rings is 3.